The molecule has 1 unspecified atom stereocenters. The second-order valence-corrected chi connectivity index (χ2v) is 4.82. The van der Waals surface area contributed by atoms with Crippen LogP contribution < -0.4 is 4.74 Å². The molecule has 0 saturated carbocycles. The summed E-state index contributed by atoms with van der Waals surface area (Å²) in [5.74, 6) is 1.65. The third kappa shape index (κ3) is 4.17. The van der Waals surface area contributed by atoms with Crippen LogP contribution in [-0.2, 0) is 4.79 Å². The molecule has 0 spiro atoms. The van der Waals surface area contributed by atoms with E-state index in [1.54, 1.807) is 6.92 Å². The van der Waals surface area contributed by atoms with Crippen molar-refractivity contribution in [3.8, 4) is 5.75 Å². The summed E-state index contributed by atoms with van der Waals surface area (Å²) in [6, 6.07) is 6.32. The molecule has 2 heteroatoms. The Morgan fingerprint density at radius 3 is 2.61 bits per heavy atom. The maximum absolute atomic E-state index is 11.1. The lowest BCUT2D eigenvalue weighted by Gasteiger charge is -2.19. The zero-order chi connectivity index (χ0) is 13.5. The predicted octanol–water partition coefficient (Wildman–Crippen LogP) is 4.26. The van der Waals surface area contributed by atoms with E-state index in [9.17, 15) is 4.79 Å². The molecule has 0 saturated heterocycles. The minimum atomic E-state index is 0.263. The molecule has 0 aliphatic heterocycles. The highest BCUT2D eigenvalue weighted by atomic mass is 16.5. The smallest absolute Gasteiger partial charge is 0.129 e. The standard InChI is InChI=1S/C16H24O2/c1-5-14(9-8-13(4)17)15-11-12(3)7-10-16(15)18-6-2/h7,10-11,14H,5-6,8-9H2,1-4H3. The van der Waals surface area contributed by atoms with Gasteiger partial charge in [0.1, 0.15) is 11.5 Å². The van der Waals surface area contributed by atoms with Crippen LogP contribution in [0.25, 0.3) is 0 Å². The summed E-state index contributed by atoms with van der Waals surface area (Å²) in [7, 11) is 0. The van der Waals surface area contributed by atoms with Gasteiger partial charge in [-0.2, -0.15) is 0 Å². The first-order valence-electron chi connectivity index (χ1n) is 6.81. The van der Waals surface area contributed by atoms with Crippen molar-refractivity contribution in [2.24, 2.45) is 0 Å². The lowest BCUT2D eigenvalue weighted by Crippen LogP contribution is -2.05. The van der Waals surface area contributed by atoms with Crippen LogP contribution in [0.1, 0.15) is 57.1 Å². The van der Waals surface area contributed by atoms with Crippen molar-refractivity contribution >= 4 is 5.78 Å². The van der Waals surface area contributed by atoms with Crippen LogP contribution in [0.5, 0.6) is 5.75 Å². The Morgan fingerprint density at radius 1 is 1.33 bits per heavy atom. The van der Waals surface area contributed by atoms with Gasteiger partial charge in [0.25, 0.3) is 0 Å². The quantitative estimate of drug-likeness (QED) is 0.720. The Hall–Kier alpha value is -1.31. The average Bonchev–Trinajstić information content (AvgIpc) is 2.33. The molecule has 1 aromatic rings. The van der Waals surface area contributed by atoms with Crippen molar-refractivity contribution in [3.05, 3.63) is 29.3 Å². The molecule has 0 radical (unpaired) electrons. The molecule has 1 rings (SSSR count). The van der Waals surface area contributed by atoms with Crippen molar-refractivity contribution in [3.63, 3.8) is 0 Å². The highest BCUT2D eigenvalue weighted by Gasteiger charge is 2.15. The van der Waals surface area contributed by atoms with Crippen LogP contribution in [0.4, 0.5) is 0 Å². The zero-order valence-electron chi connectivity index (χ0n) is 12.0. The van der Waals surface area contributed by atoms with E-state index in [1.807, 2.05) is 13.0 Å². The van der Waals surface area contributed by atoms with E-state index >= 15 is 0 Å². The Balaban J connectivity index is 2.94. The molecule has 0 heterocycles. The fourth-order valence-electron chi connectivity index (χ4n) is 2.23. The van der Waals surface area contributed by atoms with Gasteiger partial charge in [-0.1, -0.05) is 24.6 Å². The first-order chi connectivity index (χ1) is 8.58. The summed E-state index contributed by atoms with van der Waals surface area (Å²) in [5, 5.41) is 0. The van der Waals surface area contributed by atoms with Crippen LogP contribution in [0.3, 0.4) is 0 Å². The van der Waals surface area contributed by atoms with Gasteiger partial charge in [0, 0.05) is 6.42 Å². The van der Waals surface area contributed by atoms with Crippen LogP contribution in [0.15, 0.2) is 18.2 Å². The van der Waals surface area contributed by atoms with Gasteiger partial charge in [-0.3, -0.25) is 0 Å². The van der Waals surface area contributed by atoms with Gasteiger partial charge in [-0.05, 0) is 51.2 Å². The molecule has 100 valence electrons. The number of aryl methyl sites for hydroxylation is 1. The highest BCUT2D eigenvalue weighted by Crippen LogP contribution is 2.33. The second-order valence-electron chi connectivity index (χ2n) is 4.82. The van der Waals surface area contributed by atoms with Gasteiger partial charge in [0.05, 0.1) is 6.61 Å². The number of rotatable bonds is 7. The average molecular weight is 248 g/mol. The maximum Gasteiger partial charge on any atom is 0.129 e. The molecule has 1 aromatic carbocycles. The molecule has 0 aliphatic rings. The molecule has 0 bridgehead atoms. The van der Waals surface area contributed by atoms with Gasteiger partial charge in [-0.15, -0.1) is 0 Å². The van der Waals surface area contributed by atoms with Crippen LogP contribution in [-0.4, -0.2) is 12.4 Å². The van der Waals surface area contributed by atoms with E-state index in [-0.39, 0.29) is 5.78 Å². The topological polar surface area (TPSA) is 26.3 Å². The maximum atomic E-state index is 11.1. The van der Waals surface area contributed by atoms with E-state index < -0.39 is 0 Å². The first-order valence-corrected chi connectivity index (χ1v) is 6.81. The number of ketones is 1. The normalized spacial score (nSPS) is 12.2. The molecule has 0 aromatic heterocycles. The van der Waals surface area contributed by atoms with Crippen LogP contribution in [0, 0.1) is 6.92 Å². The van der Waals surface area contributed by atoms with Gasteiger partial charge in [0.15, 0.2) is 0 Å². The monoisotopic (exact) mass is 248 g/mol. The number of benzene rings is 1. The molecule has 0 aliphatic carbocycles. The number of hydrogen-bond acceptors (Lipinski definition) is 2. The minimum Gasteiger partial charge on any atom is -0.494 e. The Labute approximate surface area is 110 Å². The van der Waals surface area contributed by atoms with Crippen LogP contribution in [0.2, 0.25) is 0 Å². The molecule has 0 amide bonds. The Morgan fingerprint density at radius 2 is 2.06 bits per heavy atom. The minimum absolute atomic E-state index is 0.263. The van der Waals surface area contributed by atoms with Gasteiger partial charge in [0.2, 0.25) is 0 Å². The highest BCUT2D eigenvalue weighted by molar-refractivity contribution is 5.75. The van der Waals surface area contributed by atoms with E-state index in [2.05, 4.69) is 26.0 Å². The number of carbonyl (C=O) groups is 1. The Bertz CT molecular complexity index is 396. The van der Waals surface area contributed by atoms with Gasteiger partial charge in [-0.25, -0.2) is 0 Å². The summed E-state index contributed by atoms with van der Waals surface area (Å²) in [4.78, 5) is 11.1. The molecular formula is C16H24O2. The van der Waals surface area contributed by atoms with Crippen molar-refractivity contribution in [2.75, 3.05) is 6.61 Å². The van der Waals surface area contributed by atoms with Crippen molar-refractivity contribution < 1.29 is 9.53 Å². The lowest BCUT2D eigenvalue weighted by atomic mass is 9.89. The number of hydrogen-bond donors (Lipinski definition) is 0. The van der Waals surface area contributed by atoms with E-state index in [0.717, 1.165) is 18.6 Å². The molecule has 1 atom stereocenters. The number of carbonyl (C=O) groups excluding carboxylic acids is 1. The van der Waals surface area contributed by atoms with Gasteiger partial charge < -0.3 is 9.53 Å². The van der Waals surface area contributed by atoms with Crippen LogP contribution >= 0.6 is 0 Å². The van der Waals surface area contributed by atoms with E-state index in [4.69, 9.17) is 4.74 Å². The third-order valence-corrected chi connectivity index (χ3v) is 3.24. The van der Waals surface area contributed by atoms with Crippen molar-refractivity contribution in [1.29, 1.82) is 0 Å². The zero-order valence-corrected chi connectivity index (χ0v) is 12.0. The Kier molecular flexibility index (Phi) is 5.90. The summed E-state index contributed by atoms with van der Waals surface area (Å²) < 4.78 is 5.70. The second kappa shape index (κ2) is 7.20. The largest absolute Gasteiger partial charge is 0.494 e. The van der Waals surface area contributed by atoms with E-state index in [1.165, 1.54) is 11.1 Å². The lowest BCUT2D eigenvalue weighted by molar-refractivity contribution is -0.117. The third-order valence-electron chi connectivity index (χ3n) is 3.24. The molecule has 18 heavy (non-hydrogen) atoms. The first kappa shape index (κ1) is 14.7. The SMILES string of the molecule is CCOc1ccc(C)cc1C(CC)CCC(C)=O. The molecule has 0 N–H and O–H groups in total. The molecule has 2 nitrogen and oxygen atoms in total. The summed E-state index contributed by atoms with van der Waals surface area (Å²) in [6.45, 7) is 8.60. The van der Waals surface area contributed by atoms with E-state index in [0.29, 0.717) is 18.9 Å². The molecule has 0 fully saturated rings. The number of ether oxygens (including phenoxy) is 1. The number of Topliss-reactive ketones (excluding diaryl/α,β-unsaturated/α-hetero) is 1. The summed E-state index contributed by atoms with van der Waals surface area (Å²) >= 11 is 0. The summed E-state index contributed by atoms with van der Waals surface area (Å²) in [5.41, 5.74) is 2.50. The predicted molar refractivity (Wildman–Crippen MR) is 75.3 cm³/mol. The van der Waals surface area contributed by atoms with Crippen molar-refractivity contribution in [1.82, 2.24) is 0 Å². The fourth-order valence-corrected chi connectivity index (χ4v) is 2.23. The van der Waals surface area contributed by atoms with Gasteiger partial charge >= 0.3 is 0 Å². The fraction of sp³-hybridized carbons (Fsp3) is 0.562. The summed E-state index contributed by atoms with van der Waals surface area (Å²) in [6.07, 6.45) is 2.60. The molecular weight excluding hydrogens is 224 g/mol. The van der Waals surface area contributed by atoms with Crippen molar-refractivity contribution in [2.45, 2.75) is 52.9 Å².